The van der Waals surface area contributed by atoms with Crippen LogP contribution in [0.4, 0.5) is 4.79 Å². The molecular weight excluding hydrogens is 240 g/mol. The lowest BCUT2D eigenvalue weighted by Crippen LogP contribution is -2.47. The molecule has 104 valence electrons. The fraction of sp³-hybridized carbons (Fsp3) is 0.533. The van der Waals surface area contributed by atoms with E-state index in [4.69, 9.17) is 10.5 Å². The molecule has 19 heavy (non-hydrogen) atoms. The Labute approximate surface area is 114 Å². The molecule has 1 aliphatic carbocycles. The Kier molecular flexibility index (Phi) is 5.21. The van der Waals surface area contributed by atoms with Gasteiger partial charge in [0.2, 0.25) is 0 Å². The van der Waals surface area contributed by atoms with Crippen LogP contribution in [0.25, 0.3) is 0 Å². The molecule has 4 heteroatoms. The summed E-state index contributed by atoms with van der Waals surface area (Å²) in [7, 11) is 0. The quantitative estimate of drug-likeness (QED) is 0.820. The minimum atomic E-state index is -0.429. The van der Waals surface area contributed by atoms with E-state index in [1.165, 1.54) is 19.3 Å². The zero-order valence-electron chi connectivity index (χ0n) is 11.2. The van der Waals surface area contributed by atoms with Crippen molar-refractivity contribution in [1.29, 1.82) is 0 Å². The standard InChI is InChI=1S/C15H22N2O2/c16-14(13-9-5-2-6-10-13)17-15(18)19-11-12-7-3-1-4-8-12/h1,3-4,7-8,13-14H,2,5-6,9-11,16H2,(H,17,18). The van der Waals surface area contributed by atoms with E-state index in [-0.39, 0.29) is 12.8 Å². The van der Waals surface area contributed by atoms with Crippen molar-refractivity contribution in [3.8, 4) is 0 Å². The second-order valence-electron chi connectivity index (χ2n) is 5.13. The average Bonchev–Trinajstić information content (AvgIpc) is 2.47. The molecule has 1 aromatic carbocycles. The number of benzene rings is 1. The summed E-state index contributed by atoms with van der Waals surface area (Å²) in [5, 5.41) is 2.74. The van der Waals surface area contributed by atoms with Crippen LogP contribution in [0.15, 0.2) is 30.3 Å². The van der Waals surface area contributed by atoms with E-state index in [0.717, 1.165) is 18.4 Å². The molecule has 1 saturated carbocycles. The highest BCUT2D eigenvalue weighted by molar-refractivity contribution is 5.67. The molecule has 0 bridgehead atoms. The molecule has 2 rings (SSSR count). The number of hydrogen-bond acceptors (Lipinski definition) is 3. The molecule has 1 fully saturated rings. The number of nitrogens with two attached hydrogens (primary N) is 1. The van der Waals surface area contributed by atoms with Crippen LogP contribution >= 0.6 is 0 Å². The summed E-state index contributed by atoms with van der Waals surface area (Å²) in [6.45, 7) is 0.282. The van der Waals surface area contributed by atoms with Gasteiger partial charge in [0.05, 0.1) is 6.17 Å². The van der Waals surface area contributed by atoms with E-state index >= 15 is 0 Å². The SMILES string of the molecule is NC(NC(=O)OCc1ccccc1)C1CCCCC1. The molecular formula is C15H22N2O2. The Hall–Kier alpha value is -1.55. The largest absolute Gasteiger partial charge is 0.445 e. The molecule has 4 nitrogen and oxygen atoms in total. The minimum absolute atomic E-state index is 0.282. The highest BCUT2D eigenvalue weighted by atomic mass is 16.5. The maximum atomic E-state index is 11.7. The van der Waals surface area contributed by atoms with Crippen molar-refractivity contribution < 1.29 is 9.53 Å². The van der Waals surface area contributed by atoms with Crippen LogP contribution < -0.4 is 11.1 Å². The normalized spacial score (nSPS) is 17.7. The molecule has 3 N–H and O–H groups in total. The zero-order valence-corrected chi connectivity index (χ0v) is 11.2. The Morgan fingerprint density at radius 2 is 1.95 bits per heavy atom. The molecule has 1 unspecified atom stereocenters. The maximum Gasteiger partial charge on any atom is 0.408 e. The Balaban J connectivity index is 1.71. The molecule has 1 atom stereocenters. The molecule has 0 aliphatic heterocycles. The third kappa shape index (κ3) is 4.56. The van der Waals surface area contributed by atoms with Crippen molar-refractivity contribution in [2.75, 3.05) is 0 Å². The second-order valence-corrected chi connectivity index (χ2v) is 5.13. The highest BCUT2D eigenvalue weighted by Crippen LogP contribution is 2.24. The van der Waals surface area contributed by atoms with Gasteiger partial charge in [0, 0.05) is 0 Å². The van der Waals surface area contributed by atoms with Gasteiger partial charge >= 0.3 is 6.09 Å². The van der Waals surface area contributed by atoms with Crippen molar-refractivity contribution in [2.24, 2.45) is 11.7 Å². The topological polar surface area (TPSA) is 64.3 Å². The number of amides is 1. The molecule has 1 aromatic rings. The Morgan fingerprint density at radius 1 is 1.26 bits per heavy atom. The van der Waals surface area contributed by atoms with Crippen LogP contribution in [0.1, 0.15) is 37.7 Å². The smallest absolute Gasteiger partial charge is 0.408 e. The Morgan fingerprint density at radius 3 is 2.63 bits per heavy atom. The first-order valence-electron chi connectivity index (χ1n) is 6.98. The number of alkyl carbamates (subject to hydrolysis) is 1. The van der Waals surface area contributed by atoms with E-state index in [0.29, 0.717) is 5.92 Å². The monoisotopic (exact) mass is 262 g/mol. The van der Waals surface area contributed by atoms with Gasteiger partial charge in [-0.2, -0.15) is 0 Å². The van der Waals surface area contributed by atoms with Crippen molar-refractivity contribution in [3.05, 3.63) is 35.9 Å². The van der Waals surface area contributed by atoms with Gasteiger partial charge in [-0.3, -0.25) is 0 Å². The summed E-state index contributed by atoms with van der Waals surface area (Å²) in [6.07, 6.45) is 5.17. The number of nitrogens with one attached hydrogen (secondary N) is 1. The zero-order chi connectivity index (χ0) is 13.5. The first-order chi connectivity index (χ1) is 9.25. The van der Waals surface area contributed by atoms with E-state index in [2.05, 4.69) is 5.32 Å². The average molecular weight is 262 g/mol. The van der Waals surface area contributed by atoms with Gasteiger partial charge in [0.25, 0.3) is 0 Å². The first-order valence-corrected chi connectivity index (χ1v) is 6.98. The summed E-state index contributed by atoms with van der Waals surface area (Å²) in [4.78, 5) is 11.7. The predicted octanol–water partition coefficient (Wildman–Crippen LogP) is 2.78. The van der Waals surface area contributed by atoms with Gasteiger partial charge in [-0.25, -0.2) is 4.79 Å². The molecule has 0 spiro atoms. The van der Waals surface area contributed by atoms with Crippen molar-refractivity contribution >= 4 is 6.09 Å². The third-order valence-electron chi connectivity index (χ3n) is 3.65. The van der Waals surface area contributed by atoms with E-state index in [1.54, 1.807) is 0 Å². The summed E-state index contributed by atoms with van der Waals surface area (Å²) >= 11 is 0. The van der Waals surface area contributed by atoms with Crippen LogP contribution in [-0.4, -0.2) is 12.3 Å². The van der Waals surface area contributed by atoms with Gasteiger partial charge in [-0.1, -0.05) is 49.6 Å². The number of rotatable bonds is 4. The lowest BCUT2D eigenvalue weighted by Gasteiger charge is -2.27. The molecule has 0 radical (unpaired) electrons. The van der Waals surface area contributed by atoms with Crippen LogP contribution in [0.3, 0.4) is 0 Å². The third-order valence-corrected chi connectivity index (χ3v) is 3.65. The van der Waals surface area contributed by atoms with Gasteiger partial charge < -0.3 is 15.8 Å². The van der Waals surface area contributed by atoms with Crippen LogP contribution in [-0.2, 0) is 11.3 Å². The number of carbonyl (C=O) groups is 1. The number of hydrogen-bond donors (Lipinski definition) is 2. The van der Waals surface area contributed by atoms with Crippen LogP contribution in [0.2, 0.25) is 0 Å². The Bertz CT molecular complexity index is 388. The van der Waals surface area contributed by atoms with Gasteiger partial charge in [0.1, 0.15) is 6.61 Å². The van der Waals surface area contributed by atoms with Gasteiger partial charge in [0.15, 0.2) is 0 Å². The summed E-state index contributed by atoms with van der Waals surface area (Å²) < 4.78 is 5.16. The van der Waals surface area contributed by atoms with Crippen molar-refractivity contribution in [2.45, 2.75) is 44.9 Å². The van der Waals surface area contributed by atoms with E-state index in [9.17, 15) is 4.79 Å². The lowest BCUT2D eigenvalue weighted by molar-refractivity contribution is 0.129. The highest BCUT2D eigenvalue weighted by Gasteiger charge is 2.22. The van der Waals surface area contributed by atoms with Crippen molar-refractivity contribution in [1.82, 2.24) is 5.32 Å². The van der Waals surface area contributed by atoms with Gasteiger partial charge in [-0.15, -0.1) is 0 Å². The molecule has 1 aliphatic rings. The van der Waals surface area contributed by atoms with E-state index in [1.807, 2.05) is 30.3 Å². The minimum Gasteiger partial charge on any atom is -0.445 e. The maximum absolute atomic E-state index is 11.7. The summed E-state index contributed by atoms with van der Waals surface area (Å²) in [5.41, 5.74) is 6.98. The fourth-order valence-electron chi connectivity index (χ4n) is 2.51. The predicted molar refractivity (Wildman–Crippen MR) is 74.3 cm³/mol. The van der Waals surface area contributed by atoms with Crippen LogP contribution in [0, 0.1) is 5.92 Å². The van der Waals surface area contributed by atoms with E-state index < -0.39 is 6.09 Å². The lowest BCUT2D eigenvalue weighted by atomic mass is 9.87. The number of carbonyl (C=O) groups excluding carboxylic acids is 1. The molecule has 1 amide bonds. The van der Waals surface area contributed by atoms with Gasteiger partial charge in [-0.05, 0) is 24.3 Å². The summed E-state index contributed by atoms with van der Waals surface area (Å²) in [5.74, 6) is 0.387. The number of ether oxygens (including phenoxy) is 1. The van der Waals surface area contributed by atoms with Crippen LogP contribution in [0.5, 0.6) is 0 Å². The summed E-state index contributed by atoms with van der Waals surface area (Å²) in [6, 6.07) is 9.62. The molecule has 0 aromatic heterocycles. The second kappa shape index (κ2) is 7.14. The fourth-order valence-corrected chi connectivity index (χ4v) is 2.51. The van der Waals surface area contributed by atoms with Crippen molar-refractivity contribution in [3.63, 3.8) is 0 Å². The molecule has 0 saturated heterocycles. The first kappa shape index (κ1) is 13.9. The molecule has 0 heterocycles.